The topological polar surface area (TPSA) is 21.3 Å². The van der Waals surface area contributed by atoms with E-state index in [9.17, 15) is 0 Å². The van der Waals surface area contributed by atoms with Crippen LogP contribution in [0.5, 0.6) is 0 Å². The predicted molar refractivity (Wildman–Crippen MR) is 78.9 cm³/mol. The molecule has 2 heteroatoms. The Morgan fingerprint density at radius 3 is 2.50 bits per heavy atom. The molecular weight excluding hydrogens is 222 g/mol. The van der Waals surface area contributed by atoms with Crippen LogP contribution in [0.4, 0.5) is 0 Å². The third-order valence-electron chi connectivity index (χ3n) is 4.54. The summed E-state index contributed by atoms with van der Waals surface area (Å²) in [5, 5.41) is 3.68. The largest absolute Gasteiger partial charge is 0.385 e. The van der Waals surface area contributed by atoms with Gasteiger partial charge in [0, 0.05) is 19.8 Å². The highest BCUT2D eigenvalue weighted by atomic mass is 16.5. The van der Waals surface area contributed by atoms with Crippen LogP contribution in [0.15, 0.2) is 0 Å². The lowest BCUT2D eigenvalue weighted by Crippen LogP contribution is -2.36. The summed E-state index contributed by atoms with van der Waals surface area (Å²) < 4.78 is 5.21. The molecule has 18 heavy (non-hydrogen) atoms. The molecule has 0 amide bonds. The van der Waals surface area contributed by atoms with Crippen LogP contribution in [0.1, 0.15) is 65.2 Å². The second-order valence-corrected chi connectivity index (χ2v) is 6.00. The molecule has 0 aromatic heterocycles. The highest BCUT2D eigenvalue weighted by Crippen LogP contribution is 2.28. The van der Waals surface area contributed by atoms with Crippen molar-refractivity contribution in [2.45, 2.75) is 71.3 Å². The van der Waals surface area contributed by atoms with Gasteiger partial charge in [0.1, 0.15) is 0 Å². The van der Waals surface area contributed by atoms with Crippen LogP contribution in [-0.4, -0.2) is 26.3 Å². The summed E-state index contributed by atoms with van der Waals surface area (Å²) in [6, 6.07) is 0.687. The Kier molecular flexibility index (Phi) is 8.70. The van der Waals surface area contributed by atoms with E-state index < -0.39 is 0 Å². The van der Waals surface area contributed by atoms with Crippen molar-refractivity contribution in [2.75, 3.05) is 20.3 Å². The van der Waals surface area contributed by atoms with Gasteiger partial charge in [-0.25, -0.2) is 0 Å². The van der Waals surface area contributed by atoms with E-state index >= 15 is 0 Å². The van der Waals surface area contributed by atoms with Crippen LogP contribution in [0.2, 0.25) is 0 Å². The summed E-state index contributed by atoms with van der Waals surface area (Å²) in [6.07, 6.45) is 11.3. The van der Waals surface area contributed by atoms with Crippen molar-refractivity contribution in [1.29, 1.82) is 0 Å². The van der Waals surface area contributed by atoms with E-state index in [2.05, 4.69) is 19.2 Å². The Bertz CT molecular complexity index is 190. The molecular formula is C16H33NO. The Morgan fingerprint density at radius 2 is 1.89 bits per heavy atom. The van der Waals surface area contributed by atoms with E-state index in [-0.39, 0.29) is 0 Å². The number of hydrogen-bond donors (Lipinski definition) is 1. The molecule has 1 saturated carbocycles. The van der Waals surface area contributed by atoms with Gasteiger partial charge in [-0.05, 0) is 37.6 Å². The van der Waals surface area contributed by atoms with Crippen LogP contribution >= 0.6 is 0 Å². The van der Waals surface area contributed by atoms with E-state index in [0.29, 0.717) is 6.04 Å². The van der Waals surface area contributed by atoms with Gasteiger partial charge in [0.05, 0.1) is 0 Å². The maximum atomic E-state index is 5.21. The van der Waals surface area contributed by atoms with Gasteiger partial charge in [0.25, 0.3) is 0 Å². The molecule has 0 bridgehead atoms. The monoisotopic (exact) mass is 255 g/mol. The molecule has 108 valence electrons. The van der Waals surface area contributed by atoms with Gasteiger partial charge in [-0.15, -0.1) is 0 Å². The first kappa shape index (κ1) is 16.0. The smallest absolute Gasteiger partial charge is 0.0465 e. The number of nitrogens with one attached hydrogen (secondary N) is 1. The summed E-state index contributed by atoms with van der Waals surface area (Å²) >= 11 is 0. The second-order valence-electron chi connectivity index (χ2n) is 6.00. The van der Waals surface area contributed by atoms with Gasteiger partial charge in [0.15, 0.2) is 0 Å². The summed E-state index contributed by atoms with van der Waals surface area (Å²) in [7, 11) is 1.80. The summed E-state index contributed by atoms with van der Waals surface area (Å²) in [6.45, 7) is 6.57. The SMILES string of the molecule is CCNC(CCC1CCCCC1)C(C)CCOC. The zero-order chi connectivity index (χ0) is 13.2. The molecule has 1 N–H and O–H groups in total. The van der Waals surface area contributed by atoms with Crippen LogP contribution in [-0.2, 0) is 4.74 Å². The lowest BCUT2D eigenvalue weighted by molar-refractivity contribution is 0.166. The van der Waals surface area contributed by atoms with Crippen molar-refractivity contribution < 1.29 is 4.74 Å². The molecule has 0 aromatic carbocycles. The molecule has 0 heterocycles. The fraction of sp³-hybridized carbons (Fsp3) is 1.00. The Hall–Kier alpha value is -0.0800. The lowest BCUT2D eigenvalue weighted by Gasteiger charge is -2.28. The molecule has 0 saturated heterocycles. The van der Waals surface area contributed by atoms with Crippen LogP contribution in [0.3, 0.4) is 0 Å². The summed E-state index contributed by atoms with van der Waals surface area (Å²) in [5.41, 5.74) is 0. The highest BCUT2D eigenvalue weighted by Gasteiger charge is 2.19. The zero-order valence-electron chi connectivity index (χ0n) is 12.7. The molecule has 2 atom stereocenters. The van der Waals surface area contributed by atoms with E-state index in [1.807, 2.05) is 0 Å². The van der Waals surface area contributed by atoms with E-state index in [0.717, 1.165) is 25.0 Å². The molecule has 0 aromatic rings. The number of hydrogen-bond acceptors (Lipinski definition) is 2. The average molecular weight is 255 g/mol. The maximum absolute atomic E-state index is 5.21. The number of rotatable bonds is 9. The minimum atomic E-state index is 0.687. The van der Waals surface area contributed by atoms with E-state index in [1.54, 1.807) is 7.11 Å². The molecule has 1 rings (SSSR count). The molecule has 1 fully saturated rings. The van der Waals surface area contributed by atoms with Crippen LogP contribution < -0.4 is 5.32 Å². The van der Waals surface area contributed by atoms with Crippen molar-refractivity contribution in [2.24, 2.45) is 11.8 Å². The quantitative estimate of drug-likeness (QED) is 0.672. The lowest BCUT2D eigenvalue weighted by atomic mass is 9.83. The standard InChI is InChI=1S/C16H33NO/c1-4-17-16(14(2)12-13-18-3)11-10-15-8-6-5-7-9-15/h14-17H,4-13H2,1-3H3. The van der Waals surface area contributed by atoms with Gasteiger partial charge in [-0.3, -0.25) is 0 Å². The fourth-order valence-corrected chi connectivity index (χ4v) is 3.25. The molecule has 2 unspecified atom stereocenters. The molecule has 0 radical (unpaired) electrons. The van der Waals surface area contributed by atoms with E-state index in [1.165, 1.54) is 51.4 Å². The molecule has 0 aliphatic heterocycles. The molecule has 0 spiro atoms. The molecule has 2 nitrogen and oxygen atoms in total. The first-order chi connectivity index (χ1) is 8.77. The first-order valence-corrected chi connectivity index (χ1v) is 8.00. The second kappa shape index (κ2) is 9.80. The minimum Gasteiger partial charge on any atom is -0.385 e. The Labute approximate surface area is 114 Å². The molecule has 1 aliphatic carbocycles. The van der Waals surface area contributed by atoms with Crippen LogP contribution in [0, 0.1) is 11.8 Å². The van der Waals surface area contributed by atoms with E-state index in [4.69, 9.17) is 4.74 Å². The van der Waals surface area contributed by atoms with Gasteiger partial charge in [-0.1, -0.05) is 46.0 Å². The normalized spacial score (nSPS) is 20.8. The van der Waals surface area contributed by atoms with Crippen molar-refractivity contribution in [3.63, 3.8) is 0 Å². The van der Waals surface area contributed by atoms with Gasteiger partial charge in [0.2, 0.25) is 0 Å². The first-order valence-electron chi connectivity index (χ1n) is 8.00. The minimum absolute atomic E-state index is 0.687. The van der Waals surface area contributed by atoms with Crippen LogP contribution in [0.25, 0.3) is 0 Å². The van der Waals surface area contributed by atoms with Crippen molar-refractivity contribution >= 4 is 0 Å². The Balaban J connectivity index is 2.26. The third-order valence-corrected chi connectivity index (χ3v) is 4.54. The number of methoxy groups -OCH3 is 1. The summed E-state index contributed by atoms with van der Waals surface area (Å²) in [4.78, 5) is 0. The van der Waals surface area contributed by atoms with Crippen molar-refractivity contribution in [1.82, 2.24) is 5.32 Å². The van der Waals surface area contributed by atoms with Crippen molar-refractivity contribution in [3.05, 3.63) is 0 Å². The average Bonchev–Trinajstić information content (AvgIpc) is 2.42. The number of ether oxygens (including phenoxy) is 1. The molecule has 1 aliphatic rings. The van der Waals surface area contributed by atoms with Gasteiger partial charge < -0.3 is 10.1 Å². The summed E-state index contributed by atoms with van der Waals surface area (Å²) in [5.74, 6) is 1.74. The van der Waals surface area contributed by atoms with Gasteiger partial charge in [-0.2, -0.15) is 0 Å². The Morgan fingerprint density at radius 1 is 1.17 bits per heavy atom. The highest BCUT2D eigenvalue weighted by molar-refractivity contribution is 4.76. The van der Waals surface area contributed by atoms with Crippen molar-refractivity contribution in [3.8, 4) is 0 Å². The zero-order valence-corrected chi connectivity index (χ0v) is 12.7. The van der Waals surface area contributed by atoms with Gasteiger partial charge >= 0.3 is 0 Å². The maximum Gasteiger partial charge on any atom is 0.0465 e. The fourth-order valence-electron chi connectivity index (χ4n) is 3.25. The third kappa shape index (κ3) is 6.19. The predicted octanol–water partition coefficient (Wildman–Crippen LogP) is 4.00.